The molecule has 0 aromatic carbocycles. The van der Waals surface area contributed by atoms with Crippen LogP contribution in [-0.4, -0.2) is 12.6 Å². The number of carbonyl (C=O) groups is 1. The fourth-order valence-electron chi connectivity index (χ4n) is 2.11. The van der Waals surface area contributed by atoms with Crippen molar-refractivity contribution in [3.05, 3.63) is 23.7 Å². The smallest absolute Gasteiger partial charge is 0.309 e. The molecule has 0 aliphatic heterocycles. The second-order valence-corrected chi connectivity index (χ2v) is 3.87. The molecule has 1 aromatic heterocycles. The Hall–Kier alpha value is -1.76. The molecule has 4 nitrogen and oxygen atoms in total. The zero-order valence-corrected chi connectivity index (χ0v) is 9.10. The SMILES string of the molecule is CCOC(=O)C1Cc2occc2C(C#N)C1. The molecule has 0 bridgehead atoms. The maximum absolute atomic E-state index is 11.6. The van der Waals surface area contributed by atoms with Gasteiger partial charge in [-0.1, -0.05) is 0 Å². The molecule has 1 aliphatic carbocycles. The molecular formula is C12H13NO3. The number of nitrogens with zero attached hydrogens (tertiary/aromatic N) is 1. The quantitative estimate of drug-likeness (QED) is 0.714. The summed E-state index contributed by atoms with van der Waals surface area (Å²) in [4.78, 5) is 11.6. The van der Waals surface area contributed by atoms with Crippen molar-refractivity contribution in [3.8, 4) is 6.07 Å². The molecule has 0 radical (unpaired) electrons. The summed E-state index contributed by atoms with van der Waals surface area (Å²) in [6, 6.07) is 4.02. The van der Waals surface area contributed by atoms with Gasteiger partial charge in [0.2, 0.25) is 0 Å². The second kappa shape index (κ2) is 4.40. The molecule has 0 N–H and O–H groups in total. The van der Waals surface area contributed by atoms with Gasteiger partial charge < -0.3 is 9.15 Å². The number of carbonyl (C=O) groups excluding carboxylic acids is 1. The van der Waals surface area contributed by atoms with E-state index in [1.54, 1.807) is 13.2 Å². The molecule has 16 heavy (non-hydrogen) atoms. The van der Waals surface area contributed by atoms with Gasteiger partial charge in [-0.05, 0) is 19.4 Å². The van der Waals surface area contributed by atoms with Crippen LogP contribution < -0.4 is 0 Å². The van der Waals surface area contributed by atoms with E-state index in [9.17, 15) is 4.79 Å². The van der Waals surface area contributed by atoms with E-state index >= 15 is 0 Å². The molecule has 0 saturated carbocycles. The third kappa shape index (κ3) is 1.81. The van der Waals surface area contributed by atoms with Gasteiger partial charge in [-0.15, -0.1) is 0 Å². The number of hydrogen-bond acceptors (Lipinski definition) is 4. The summed E-state index contributed by atoms with van der Waals surface area (Å²) < 4.78 is 10.3. The highest BCUT2D eigenvalue weighted by Crippen LogP contribution is 2.35. The van der Waals surface area contributed by atoms with Crippen molar-refractivity contribution in [2.75, 3.05) is 6.61 Å². The van der Waals surface area contributed by atoms with Crippen LogP contribution in [-0.2, 0) is 16.0 Å². The molecular weight excluding hydrogens is 206 g/mol. The summed E-state index contributed by atoms with van der Waals surface area (Å²) >= 11 is 0. The molecule has 1 aliphatic rings. The van der Waals surface area contributed by atoms with Gasteiger partial charge in [0.1, 0.15) is 5.76 Å². The van der Waals surface area contributed by atoms with Gasteiger partial charge in [-0.2, -0.15) is 5.26 Å². The van der Waals surface area contributed by atoms with Crippen molar-refractivity contribution >= 4 is 5.97 Å². The zero-order valence-electron chi connectivity index (χ0n) is 9.10. The van der Waals surface area contributed by atoms with Crippen molar-refractivity contribution < 1.29 is 13.9 Å². The third-order valence-electron chi connectivity index (χ3n) is 2.88. The highest BCUT2D eigenvalue weighted by Gasteiger charge is 2.33. The van der Waals surface area contributed by atoms with Crippen LogP contribution in [0.2, 0.25) is 0 Å². The number of nitriles is 1. The van der Waals surface area contributed by atoms with Gasteiger partial charge in [0.25, 0.3) is 0 Å². The number of esters is 1. The Bertz CT molecular complexity index is 430. The second-order valence-electron chi connectivity index (χ2n) is 3.87. The lowest BCUT2D eigenvalue weighted by Crippen LogP contribution is -2.26. The van der Waals surface area contributed by atoms with Gasteiger partial charge in [0.15, 0.2) is 0 Å². The summed E-state index contributed by atoms with van der Waals surface area (Å²) in [6.07, 6.45) is 2.64. The summed E-state index contributed by atoms with van der Waals surface area (Å²) in [5.41, 5.74) is 0.919. The molecule has 84 valence electrons. The van der Waals surface area contributed by atoms with Gasteiger partial charge in [-0.3, -0.25) is 4.79 Å². The number of ether oxygens (including phenoxy) is 1. The summed E-state index contributed by atoms with van der Waals surface area (Å²) in [5, 5.41) is 9.04. The fraction of sp³-hybridized carbons (Fsp3) is 0.500. The van der Waals surface area contributed by atoms with E-state index in [2.05, 4.69) is 6.07 Å². The van der Waals surface area contributed by atoms with E-state index in [1.807, 2.05) is 6.07 Å². The van der Waals surface area contributed by atoms with Gasteiger partial charge in [0.05, 0.1) is 30.8 Å². The number of rotatable bonds is 2. The van der Waals surface area contributed by atoms with E-state index in [4.69, 9.17) is 14.4 Å². The van der Waals surface area contributed by atoms with Crippen molar-refractivity contribution in [2.24, 2.45) is 5.92 Å². The zero-order chi connectivity index (χ0) is 11.5. The summed E-state index contributed by atoms with van der Waals surface area (Å²) in [6.45, 7) is 2.15. The Labute approximate surface area is 93.8 Å². The first-order chi connectivity index (χ1) is 7.76. The molecule has 2 atom stereocenters. The summed E-state index contributed by atoms with van der Waals surface area (Å²) in [7, 11) is 0. The molecule has 2 unspecified atom stereocenters. The van der Waals surface area contributed by atoms with Gasteiger partial charge in [0, 0.05) is 12.0 Å². The van der Waals surface area contributed by atoms with Gasteiger partial charge in [-0.25, -0.2) is 0 Å². The number of fused-ring (bicyclic) bond motifs is 1. The highest BCUT2D eigenvalue weighted by atomic mass is 16.5. The first kappa shape index (κ1) is 10.7. The lowest BCUT2D eigenvalue weighted by molar-refractivity contribution is -0.148. The third-order valence-corrected chi connectivity index (χ3v) is 2.88. The predicted molar refractivity (Wildman–Crippen MR) is 55.5 cm³/mol. The Morgan fingerprint density at radius 1 is 1.75 bits per heavy atom. The van der Waals surface area contributed by atoms with E-state index in [0.29, 0.717) is 19.4 Å². The van der Waals surface area contributed by atoms with E-state index < -0.39 is 0 Å². The predicted octanol–water partition coefficient (Wildman–Crippen LogP) is 2.01. The van der Waals surface area contributed by atoms with Crippen LogP contribution in [0.15, 0.2) is 16.7 Å². The van der Waals surface area contributed by atoms with Crippen LogP contribution in [0.5, 0.6) is 0 Å². The van der Waals surface area contributed by atoms with E-state index in [1.165, 1.54) is 0 Å². The van der Waals surface area contributed by atoms with Crippen molar-refractivity contribution in [1.29, 1.82) is 5.26 Å². The maximum Gasteiger partial charge on any atom is 0.309 e. The average Bonchev–Trinajstić information content (AvgIpc) is 2.75. The molecule has 0 spiro atoms. The van der Waals surface area contributed by atoms with E-state index in [-0.39, 0.29) is 17.8 Å². The topological polar surface area (TPSA) is 63.2 Å². The first-order valence-electron chi connectivity index (χ1n) is 5.38. The normalized spacial score (nSPS) is 23.2. The standard InChI is InChI=1S/C12H13NO3/c1-2-15-12(14)8-5-9(7-13)10-3-4-16-11(10)6-8/h3-4,8-9H,2,5-6H2,1H3. The molecule has 4 heteroatoms. The molecule has 1 heterocycles. The Kier molecular flexibility index (Phi) is 2.95. The van der Waals surface area contributed by atoms with Crippen LogP contribution in [0.25, 0.3) is 0 Å². The van der Waals surface area contributed by atoms with Crippen LogP contribution >= 0.6 is 0 Å². The minimum Gasteiger partial charge on any atom is -0.469 e. The Balaban J connectivity index is 2.19. The van der Waals surface area contributed by atoms with Gasteiger partial charge >= 0.3 is 5.97 Å². The maximum atomic E-state index is 11.6. The minimum atomic E-state index is -0.253. The monoisotopic (exact) mass is 219 g/mol. The molecule has 0 fully saturated rings. The largest absolute Gasteiger partial charge is 0.469 e. The van der Waals surface area contributed by atoms with Crippen LogP contribution in [0, 0.1) is 17.2 Å². The molecule has 2 rings (SSSR count). The van der Waals surface area contributed by atoms with E-state index in [0.717, 1.165) is 11.3 Å². The molecule has 1 aromatic rings. The lowest BCUT2D eigenvalue weighted by Gasteiger charge is -2.22. The van der Waals surface area contributed by atoms with Crippen molar-refractivity contribution in [3.63, 3.8) is 0 Å². The van der Waals surface area contributed by atoms with Crippen LogP contribution in [0.1, 0.15) is 30.6 Å². The number of furan rings is 1. The van der Waals surface area contributed by atoms with Crippen LogP contribution in [0.3, 0.4) is 0 Å². The minimum absolute atomic E-state index is 0.232. The average molecular weight is 219 g/mol. The van der Waals surface area contributed by atoms with Crippen molar-refractivity contribution in [2.45, 2.75) is 25.7 Å². The lowest BCUT2D eigenvalue weighted by atomic mass is 9.81. The fourth-order valence-corrected chi connectivity index (χ4v) is 2.11. The Morgan fingerprint density at radius 2 is 2.56 bits per heavy atom. The molecule has 0 saturated heterocycles. The first-order valence-corrected chi connectivity index (χ1v) is 5.38. The molecule has 0 amide bonds. The summed E-state index contributed by atoms with van der Waals surface area (Å²) in [5.74, 6) is 0.0146. The highest BCUT2D eigenvalue weighted by molar-refractivity contribution is 5.73. The van der Waals surface area contributed by atoms with Crippen LogP contribution in [0.4, 0.5) is 0 Å². The van der Waals surface area contributed by atoms with Crippen molar-refractivity contribution in [1.82, 2.24) is 0 Å². The number of hydrogen-bond donors (Lipinski definition) is 0. The Morgan fingerprint density at radius 3 is 3.25 bits per heavy atom.